The monoisotopic (exact) mass is 510 g/mol. The molecule has 6 heterocycles. The Kier molecular flexibility index (Phi) is 5.04. The topological polar surface area (TPSA) is 95.3 Å². The molecule has 0 spiro atoms. The van der Waals surface area contributed by atoms with Gasteiger partial charge < -0.3 is 35.7 Å². The number of benzene rings is 2. The quantitative estimate of drug-likeness (QED) is 0.362. The van der Waals surface area contributed by atoms with Crippen molar-refractivity contribution in [2.24, 2.45) is 11.8 Å². The third kappa shape index (κ3) is 3.61. The van der Waals surface area contributed by atoms with E-state index in [9.17, 15) is 0 Å². The van der Waals surface area contributed by atoms with Gasteiger partial charge >= 0.3 is 0 Å². The van der Waals surface area contributed by atoms with Crippen molar-refractivity contribution in [1.82, 2.24) is 31.2 Å². The van der Waals surface area contributed by atoms with Gasteiger partial charge in [-0.15, -0.1) is 0 Å². The standard InChI is InChI=1S/C30H34N6O2/c1-15-3-21(31-9-15)29-33-11-23(35-29)17-5-19-13-38-26-8-18(6-20-14-37-25(7-17)27(19)28(20)26)24-12-34-30(36-24)22-4-16(2)10-32-22/h5-8,11-12,15-16,21-22,29,31-33,35H,3-4,9-10,13-14H2,1-2H3,(H,34,36)/t15-,16-,21-,22-,29?/m0/s1. The van der Waals surface area contributed by atoms with Crippen molar-refractivity contribution in [2.45, 2.75) is 58.2 Å². The Balaban J connectivity index is 1.09. The van der Waals surface area contributed by atoms with E-state index in [1.165, 1.54) is 23.1 Å². The molecule has 8 heteroatoms. The molecule has 0 aliphatic carbocycles. The van der Waals surface area contributed by atoms with E-state index >= 15 is 0 Å². The summed E-state index contributed by atoms with van der Waals surface area (Å²) in [4.78, 5) is 8.25. The van der Waals surface area contributed by atoms with Crippen molar-refractivity contribution < 1.29 is 9.47 Å². The van der Waals surface area contributed by atoms with E-state index in [4.69, 9.17) is 14.5 Å². The van der Waals surface area contributed by atoms with Crippen molar-refractivity contribution in [3.8, 4) is 33.9 Å². The van der Waals surface area contributed by atoms with E-state index in [2.05, 4.69) is 70.6 Å². The zero-order valence-electron chi connectivity index (χ0n) is 21.9. The van der Waals surface area contributed by atoms with E-state index in [1.807, 2.05) is 6.20 Å². The largest absolute Gasteiger partial charge is 0.488 e. The van der Waals surface area contributed by atoms with Crippen LogP contribution in [0.15, 0.2) is 36.7 Å². The summed E-state index contributed by atoms with van der Waals surface area (Å²) in [6, 6.07) is 9.53. The summed E-state index contributed by atoms with van der Waals surface area (Å²) in [6.45, 7) is 7.75. The van der Waals surface area contributed by atoms with Gasteiger partial charge in [-0.3, -0.25) is 0 Å². The first-order valence-corrected chi connectivity index (χ1v) is 13.9. The number of ether oxygens (including phenoxy) is 2. The number of aromatic amines is 1. The number of nitrogens with one attached hydrogen (secondary N) is 5. The average Bonchev–Trinajstić information content (AvgIpc) is 3.74. The second kappa shape index (κ2) is 8.51. The lowest BCUT2D eigenvalue weighted by atomic mass is 9.87. The first-order valence-electron chi connectivity index (χ1n) is 13.9. The van der Waals surface area contributed by atoms with Crippen LogP contribution in [0.1, 0.15) is 55.2 Å². The van der Waals surface area contributed by atoms with E-state index in [1.54, 1.807) is 0 Å². The maximum Gasteiger partial charge on any atom is 0.128 e. The highest BCUT2D eigenvalue weighted by Crippen LogP contribution is 2.50. The molecule has 2 saturated heterocycles. The molecule has 5 atom stereocenters. The molecule has 5 N–H and O–H groups in total. The first-order chi connectivity index (χ1) is 18.6. The fraction of sp³-hybridized carbons (Fsp3) is 0.433. The average molecular weight is 511 g/mol. The Hall–Kier alpha value is -3.49. The van der Waals surface area contributed by atoms with E-state index in [0.717, 1.165) is 64.9 Å². The molecule has 5 aliphatic heterocycles. The Morgan fingerprint density at radius 3 is 2.26 bits per heavy atom. The van der Waals surface area contributed by atoms with Crippen LogP contribution in [0, 0.1) is 11.8 Å². The molecule has 1 aromatic heterocycles. The minimum absolute atomic E-state index is 0.209. The van der Waals surface area contributed by atoms with Gasteiger partial charge in [-0.05, 0) is 62.0 Å². The van der Waals surface area contributed by atoms with E-state index in [-0.39, 0.29) is 6.17 Å². The molecule has 8 rings (SSSR count). The van der Waals surface area contributed by atoms with Gasteiger partial charge in [0.05, 0.1) is 23.6 Å². The smallest absolute Gasteiger partial charge is 0.128 e. The maximum atomic E-state index is 6.37. The lowest BCUT2D eigenvalue weighted by molar-refractivity contribution is 0.278. The fourth-order valence-corrected chi connectivity index (χ4v) is 6.79. The summed E-state index contributed by atoms with van der Waals surface area (Å²) < 4.78 is 12.7. The summed E-state index contributed by atoms with van der Waals surface area (Å²) >= 11 is 0. The van der Waals surface area contributed by atoms with Crippen molar-refractivity contribution in [3.05, 3.63) is 59.2 Å². The molecule has 0 amide bonds. The number of nitrogens with zero attached hydrogens (tertiary/aromatic N) is 1. The molecule has 0 bridgehead atoms. The molecular weight excluding hydrogens is 476 g/mol. The lowest BCUT2D eigenvalue weighted by Gasteiger charge is -2.30. The maximum absolute atomic E-state index is 6.37. The van der Waals surface area contributed by atoms with Crippen molar-refractivity contribution in [2.75, 3.05) is 13.1 Å². The van der Waals surface area contributed by atoms with Crippen LogP contribution in [0.5, 0.6) is 11.5 Å². The van der Waals surface area contributed by atoms with Gasteiger partial charge in [-0.2, -0.15) is 0 Å². The molecule has 38 heavy (non-hydrogen) atoms. The second-order valence-corrected chi connectivity index (χ2v) is 11.8. The van der Waals surface area contributed by atoms with Crippen LogP contribution in [-0.2, 0) is 13.2 Å². The fourth-order valence-electron chi connectivity index (χ4n) is 6.79. The van der Waals surface area contributed by atoms with Crippen LogP contribution in [-0.4, -0.2) is 35.3 Å². The van der Waals surface area contributed by atoms with Crippen LogP contribution in [0.3, 0.4) is 0 Å². The van der Waals surface area contributed by atoms with Crippen molar-refractivity contribution in [3.63, 3.8) is 0 Å². The number of rotatable bonds is 4. The van der Waals surface area contributed by atoms with Crippen LogP contribution in [0.2, 0.25) is 0 Å². The van der Waals surface area contributed by atoms with Crippen molar-refractivity contribution in [1.29, 1.82) is 0 Å². The van der Waals surface area contributed by atoms with Gasteiger partial charge in [-0.25, -0.2) is 4.98 Å². The molecule has 196 valence electrons. The summed E-state index contributed by atoms with van der Waals surface area (Å²) in [6.07, 6.45) is 6.54. The normalized spacial score (nSPS) is 28.7. The first kappa shape index (κ1) is 22.5. The molecule has 0 radical (unpaired) electrons. The highest BCUT2D eigenvalue weighted by molar-refractivity contribution is 5.88. The van der Waals surface area contributed by atoms with Crippen molar-refractivity contribution >= 4 is 5.70 Å². The van der Waals surface area contributed by atoms with Gasteiger partial charge in [0.15, 0.2) is 0 Å². The molecular formula is C30H34N6O2. The Bertz CT molecular complexity index is 1410. The highest BCUT2D eigenvalue weighted by atomic mass is 16.5. The number of H-pyrrole nitrogens is 1. The zero-order chi connectivity index (χ0) is 25.4. The number of imidazole rings is 1. The molecule has 2 aromatic carbocycles. The predicted octanol–water partition coefficient (Wildman–Crippen LogP) is 4.01. The molecule has 8 nitrogen and oxygen atoms in total. The van der Waals surface area contributed by atoms with E-state index in [0.29, 0.717) is 37.1 Å². The third-order valence-electron chi connectivity index (χ3n) is 8.79. The summed E-state index contributed by atoms with van der Waals surface area (Å²) in [5.41, 5.74) is 9.01. The van der Waals surface area contributed by atoms with Crippen LogP contribution < -0.4 is 30.7 Å². The minimum atomic E-state index is 0.209. The summed E-state index contributed by atoms with van der Waals surface area (Å²) in [7, 11) is 0. The zero-order valence-corrected chi connectivity index (χ0v) is 21.9. The lowest BCUT2D eigenvalue weighted by Crippen LogP contribution is -2.47. The third-order valence-corrected chi connectivity index (χ3v) is 8.79. The Morgan fingerprint density at radius 1 is 0.842 bits per heavy atom. The van der Waals surface area contributed by atoms with Gasteiger partial charge in [0, 0.05) is 45.6 Å². The molecule has 1 unspecified atom stereocenters. The van der Waals surface area contributed by atoms with Gasteiger partial charge in [-0.1, -0.05) is 13.8 Å². The van der Waals surface area contributed by atoms with Crippen LogP contribution in [0.25, 0.3) is 28.1 Å². The Labute approximate surface area is 222 Å². The summed E-state index contributed by atoms with van der Waals surface area (Å²) in [5.74, 6) is 4.26. The van der Waals surface area contributed by atoms with Gasteiger partial charge in [0.25, 0.3) is 0 Å². The highest BCUT2D eigenvalue weighted by Gasteiger charge is 2.33. The van der Waals surface area contributed by atoms with E-state index < -0.39 is 0 Å². The van der Waals surface area contributed by atoms with Gasteiger partial charge in [0.2, 0.25) is 0 Å². The van der Waals surface area contributed by atoms with Gasteiger partial charge in [0.1, 0.15) is 36.7 Å². The Morgan fingerprint density at radius 2 is 1.55 bits per heavy atom. The SMILES string of the molecule is C[C@@H]1CN[C@H](c2ncc(-c3cc4c5c(c3)OCc3cc(C6=CNC([C@@H]7C[C@H](C)CN7)N6)cc(c3-5)OC4)[nH]2)C1. The minimum Gasteiger partial charge on any atom is -0.488 e. The van der Waals surface area contributed by atoms with Crippen LogP contribution >= 0.6 is 0 Å². The number of hydrogen-bond donors (Lipinski definition) is 5. The number of aromatic nitrogens is 2. The molecule has 3 aromatic rings. The second-order valence-electron chi connectivity index (χ2n) is 11.8. The number of hydrogen-bond acceptors (Lipinski definition) is 7. The molecule has 0 saturated carbocycles. The predicted molar refractivity (Wildman–Crippen MR) is 146 cm³/mol. The molecule has 2 fully saturated rings. The summed E-state index contributed by atoms with van der Waals surface area (Å²) in [5, 5.41) is 14.4. The van der Waals surface area contributed by atoms with Crippen LogP contribution in [0.4, 0.5) is 0 Å². The molecule has 5 aliphatic rings.